The highest BCUT2D eigenvalue weighted by atomic mass is 79.9. The molecule has 1 amide bonds. The van der Waals surface area contributed by atoms with Crippen LogP contribution < -0.4 is 10.2 Å². The molecule has 0 bridgehead atoms. The van der Waals surface area contributed by atoms with E-state index in [2.05, 4.69) is 31.4 Å². The third-order valence-corrected chi connectivity index (χ3v) is 4.34. The second kappa shape index (κ2) is 7.53. The number of aromatic hydroxyl groups is 1. The lowest BCUT2D eigenvalue weighted by molar-refractivity contribution is 0.0956. The standard InChI is InChI=1S/C19H16BrN3O3/c1-11-7-14(13-5-3-4-6-16(13)22-11)19(25)23-21-10-12-8-15(20)18(24)17(9-12)26-2/h3-10,24H,1-2H3,(H,23,25)/b21-10-. The number of ether oxygens (including phenoxy) is 1. The Morgan fingerprint density at radius 3 is 2.85 bits per heavy atom. The van der Waals surface area contributed by atoms with Gasteiger partial charge in [0, 0.05) is 11.1 Å². The Labute approximate surface area is 158 Å². The molecule has 2 N–H and O–H groups in total. The minimum absolute atomic E-state index is 0.00687. The van der Waals surface area contributed by atoms with E-state index in [0.717, 1.165) is 16.6 Å². The molecule has 0 aliphatic heterocycles. The van der Waals surface area contributed by atoms with Crippen LogP contribution in [0.1, 0.15) is 21.6 Å². The van der Waals surface area contributed by atoms with Gasteiger partial charge in [-0.3, -0.25) is 9.78 Å². The lowest BCUT2D eigenvalue weighted by atomic mass is 10.1. The highest BCUT2D eigenvalue weighted by molar-refractivity contribution is 9.10. The number of para-hydroxylation sites is 1. The van der Waals surface area contributed by atoms with Crippen molar-refractivity contribution in [3.05, 3.63) is 63.8 Å². The van der Waals surface area contributed by atoms with E-state index in [0.29, 0.717) is 21.3 Å². The fourth-order valence-corrected chi connectivity index (χ4v) is 3.00. The van der Waals surface area contributed by atoms with Crippen LogP contribution in [-0.4, -0.2) is 29.3 Å². The molecule has 0 atom stereocenters. The van der Waals surface area contributed by atoms with E-state index in [9.17, 15) is 9.90 Å². The van der Waals surface area contributed by atoms with Gasteiger partial charge in [0.05, 0.1) is 28.9 Å². The molecule has 0 spiro atoms. The average molecular weight is 414 g/mol. The Morgan fingerprint density at radius 1 is 1.31 bits per heavy atom. The van der Waals surface area contributed by atoms with Crippen LogP contribution >= 0.6 is 15.9 Å². The fourth-order valence-electron chi connectivity index (χ4n) is 2.55. The number of nitrogens with one attached hydrogen (secondary N) is 1. The van der Waals surface area contributed by atoms with Gasteiger partial charge < -0.3 is 9.84 Å². The molecule has 0 aliphatic carbocycles. The van der Waals surface area contributed by atoms with E-state index in [4.69, 9.17) is 4.74 Å². The molecular formula is C19H16BrN3O3. The summed E-state index contributed by atoms with van der Waals surface area (Å²) in [6, 6.07) is 12.5. The lowest BCUT2D eigenvalue weighted by Crippen LogP contribution is -2.18. The van der Waals surface area contributed by atoms with Gasteiger partial charge in [0.1, 0.15) is 0 Å². The number of hydrogen-bond donors (Lipinski definition) is 2. The fraction of sp³-hybridized carbons (Fsp3) is 0.105. The van der Waals surface area contributed by atoms with Crippen molar-refractivity contribution in [2.75, 3.05) is 7.11 Å². The average Bonchev–Trinajstić information content (AvgIpc) is 2.63. The summed E-state index contributed by atoms with van der Waals surface area (Å²) >= 11 is 3.24. The normalized spacial score (nSPS) is 11.0. The van der Waals surface area contributed by atoms with Gasteiger partial charge in [-0.1, -0.05) is 18.2 Å². The third kappa shape index (κ3) is 3.67. The Balaban J connectivity index is 1.84. The highest BCUT2D eigenvalue weighted by Gasteiger charge is 2.11. The molecule has 0 aliphatic rings. The SMILES string of the molecule is COc1cc(/C=N\NC(=O)c2cc(C)nc3ccccc23)cc(Br)c1O. The number of aromatic nitrogens is 1. The monoisotopic (exact) mass is 413 g/mol. The first-order chi connectivity index (χ1) is 12.5. The lowest BCUT2D eigenvalue weighted by Gasteiger charge is -2.07. The number of hydrazone groups is 1. The smallest absolute Gasteiger partial charge is 0.272 e. The zero-order valence-corrected chi connectivity index (χ0v) is 15.7. The summed E-state index contributed by atoms with van der Waals surface area (Å²) in [6.45, 7) is 1.84. The molecule has 2 aromatic carbocycles. The largest absolute Gasteiger partial charge is 0.503 e. The Hall–Kier alpha value is -2.93. The number of phenols is 1. The van der Waals surface area contributed by atoms with Gasteiger partial charge in [0.25, 0.3) is 5.91 Å². The Kier molecular flexibility index (Phi) is 5.18. The van der Waals surface area contributed by atoms with Crippen LogP contribution in [0, 0.1) is 6.92 Å². The summed E-state index contributed by atoms with van der Waals surface area (Å²) in [5, 5.41) is 14.6. The Bertz CT molecular complexity index is 1020. The number of amides is 1. The number of aryl methyl sites for hydroxylation is 1. The van der Waals surface area contributed by atoms with E-state index >= 15 is 0 Å². The maximum Gasteiger partial charge on any atom is 0.272 e. The van der Waals surface area contributed by atoms with Crippen LogP contribution in [0.3, 0.4) is 0 Å². The maximum atomic E-state index is 12.5. The first kappa shape index (κ1) is 17.9. The van der Waals surface area contributed by atoms with Crippen LogP contribution in [0.25, 0.3) is 10.9 Å². The number of fused-ring (bicyclic) bond motifs is 1. The van der Waals surface area contributed by atoms with Crippen molar-refractivity contribution in [3.8, 4) is 11.5 Å². The van der Waals surface area contributed by atoms with Crippen molar-refractivity contribution in [2.24, 2.45) is 5.10 Å². The first-order valence-electron chi connectivity index (χ1n) is 7.76. The summed E-state index contributed by atoms with van der Waals surface area (Å²) in [6.07, 6.45) is 1.47. The van der Waals surface area contributed by atoms with E-state index in [1.165, 1.54) is 13.3 Å². The van der Waals surface area contributed by atoms with Crippen LogP contribution in [0.5, 0.6) is 11.5 Å². The predicted molar refractivity (Wildman–Crippen MR) is 104 cm³/mol. The number of pyridine rings is 1. The third-order valence-electron chi connectivity index (χ3n) is 3.74. The summed E-state index contributed by atoms with van der Waals surface area (Å²) in [5.41, 5.74) is 5.20. The zero-order chi connectivity index (χ0) is 18.7. The maximum absolute atomic E-state index is 12.5. The minimum Gasteiger partial charge on any atom is -0.503 e. The van der Waals surface area contributed by atoms with Gasteiger partial charge in [-0.2, -0.15) is 5.10 Å². The number of nitrogens with zero attached hydrogens (tertiary/aromatic N) is 2. The number of rotatable bonds is 4. The van der Waals surface area contributed by atoms with Gasteiger partial charge >= 0.3 is 0 Å². The molecule has 0 unspecified atom stereocenters. The molecule has 1 aromatic heterocycles. The van der Waals surface area contributed by atoms with E-state index in [1.807, 2.05) is 31.2 Å². The van der Waals surface area contributed by atoms with Crippen molar-refractivity contribution in [2.45, 2.75) is 6.92 Å². The number of hydrogen-bond acceptors (Lipinski definition) is 5. The zero-order valence-electron chi connectivity index (χ0n) is 14.2. The molecule has 0 radical (unpaired) electrons. The van der Waals surface area contributed by atoms with Crippen molar-refractivity contribution >= 4 is 39.0 Å². The van der Waals surface area contributed by atoms with Crippen LogP contribution in [0.4, 0.5) is 0 Å². The molecular weight excluding hydrogens is 398 g/mol. The van der Waals surface area contributed by atoms with Gasteiger partial charge in [0.2, 0.25) is 0 Å². The molecule has 0 fully saturated rings. The van der Waals surface area contributed by atoms with Crippen molar-refractivity contribution in [1.29, 1.82) is 0 Å². The van der Waals surface area contributed by atoms with Crippen molar-refractivity contribution < 1.29 is 14.6 Å². The van der Waals surface area contributed by atoms with E-state index in [1.54, 1.807) is 18.2 Å². The topological polar surface area (TPSA) is 83.8 Å². The van der Waals surface area contributed by atoms with Gasteiger partial charge in [0.15, 0.2) is 11.5 Å². The second-order valence-corrected chi connectivity index (χ2v) is 6.44. The molecule has 6 nitrogen and oxygen atoms in total. The first-order valence-corrected chi connectivity index (χ1v) is 8.55. The second-order valence-electron chi connectivity index (χ2n) is 5.58. The summed E-state index contributed by atoms with van der Waals surface area (Å²) in [4.78, 5) is 16.9. The van der Waals surface area contributed by atoms with Crippen LogP contribution in [0.2, 0.25) is 0 Å². The highest BCUT2D eigenvalue weighted by Crippen LogP contribution is 2.34. The molecule has 7 heteroatoms. The number of benzene rings is 2. The number of methoxy groups -OCH3 is 1. The molecule has 132 valence electrons. The molecule has 26 heavy (non-hydrogen) atoms. The number of carbonyl (C=O) groups excluding carboxylic acids is 1. The quantitative estimate of drug-likeness (QED) is 0.503. The molecule has 3 rings (SSSR count). The number of carbonyl (C=O) groups is 1. The molecule has 0 saturated heterocycles. The van der Waals surface area contributed by atoms with Crippen molar-refractivity contribution in [3.63, 3.8) is 0 Å². The molecule has 0 saturated carbocycles. The predicted octanol–water partition coefficient (Wildman–Crippen LogP) is 3.78. The number of phenolic OH excluding ortho intramolecular Hbond substituents is 1. The summed E-state index contributed by atoms with van der Waals surface area (Å²) in [5.74, 6) is -0.0110. The summed E-state index contributed by atoms with van der Waals surface area (Å²) < 4.78 is 5.56. The van der Waals surface area contributed by atoms with Crippen molar-refractivity contribution in [1.82, 2.24) is 10.4 Å². The van der Waals surface area contributed by atoms with Gasteiger partial charge in [-0.15, -0.1) is 0 Å². The molecule has 3 aromatic rings. The van der Waals surface area contributed by atoms with Gasteiger partial charge in [-0.25, -0.2) is 5.43 Å². The summed E-state index contributed by atoms with van der Waals surface area (Å²) in [7, 11) is 1.46. The van der Waals surface area contributed by atoms with Crippen LogP contribution in [0.15, 0.2) is 52.0 Å². The minimum atomic E-state index is -0.326. The van der Waals surface area contributed by atoms with Crippen LogP contribution in [-0.2, 0) is 0 Å². The number of halogens is 1. The van der Waals surface area contributed by atoms with E-state index < -0.39 is 0 Å². The molecule has 1 heterocycles. The van der Waals surface area contributed by atoms with E-state index in [-0.39, 0.29) is 11.7 Å². The van der Waals surface area contributed by atoms with Gasteiger partial charge in [-0.05, 0) is 52.7 Å². The Morgan fingerprint density at radius 2 is 2.08 bits per heavy atom.